The highest BCUT2D eigenvalue weighted by atomic mass is 16.5. The van der Waals surface area contributed by atoms with Crippen LogP contribution in [0.4, 0.5) is 10.5 Å². The average molecular weight is 334 g/mol. The molecule has 6 nitrogen and oxygen atoms in total. The van der Waals surface area contributed by atoms with Gasteiger partial charge in [-0.2, -0.15) is 0 Å². The van der Waals surface area contributed by atoms with E-state index in [-0.39, 0.29) is 17.4 Å². The fourth-order valence-corrected chi connectivity index (χ4v) is 3.03. The third kappa shape index (κ3) is 3.99. The van der Waals surface area contributed by atoms with Crippen LogP contribution in [0.3, 0.4) is 0 Å². The minimum Gasteiger partial charge on any atom is -0.465 e. The Kier molecular flexibility index (Phi) is 5.36. The molecule has 0 bridgehead atoms. The van der Waals surface area contributed by atoms with Gasteiger partial charge >= 0.3 is 12.1 Å². The summed E-state index contributed by atoms with van der Waals surface area (Å²) in [5.41, 5.74) is 1.26. The van der Waals surface area contributed by atoms with Crippen molar-refractivity contribution in [1.29, 1.82) is 0 Å². The largest absolute Gasteiger partial charge is 0.465 e. The maximum Gasteiger partial charge on any atom is 0.407 e. The number of nitrogens with zero attached hydrogens (tertiary/aromatic N) is 2. The first-order chi connectivity index (χ1) is 11.2. The molecule has 1 amide bonds. The van der Waals surface area contributed by atoms with E-state index in [4.69, 9.17) is 4.74 Å². The molecule has 0 aromatic heterocycles. The van der Waals surface area contributed by atoms with E-state index in [2.05, 4.69) is 4.90 Å². The zero-order valence-corrected chi connectivity index (χ0v) is 14.8. The van der Waals surface area contributed by atoms with Gasteiger partial charge in [-0.1, -0.05) is 26.8 Å². The van der Waals surface area contributed by atoms with Crippen LogP contribution < -0.4 is 4.90 Å². The number of carbonyl (C=O) groups excluding carboxylic acids is 1. The Morgan fingerprint density at radius 1 is 1.29 bits per heavy atom. The van der Waals surface area contributed by atoms with Crippen molar-refractivity contribution in [2.45, 2.75) is 33.7 Å². The van der Waals surface area contributed by atoms with E-state index in [9.17, 15) is 14.7 Å². The number of hydrogen-bond acceptors (Lipinski definition) is 4. The van der Waals surface area contributed by atoms with E-state index in [1.165, 1.54) is 4.90 Å². The number of carbonyl (C=O) groups is 2. The zero-order chi connectivity index (χ0) is 17.9. The van der Waals surface area contributed by atoms with Gasteiger partial charge in [-0.05, 0) is 30.5 Å². The summed E-state index contributed by atoms with van der Waals surface area (Å²) in [6.07, 6.45) is -0.880. The van der Waals surface area contributed by atoms with Gasteiger partial charge in [0.15, 0.2) is 0 Å². The number of hydrogen-bond donors (Lipinski definition) is 1. The highest BCUT2D eigenvalue weighted by Gasteiger charge is 2.38. The van der Waals surface area contributed by atoms with Crippen LogP contribution in [0.1, 0.15) is 38.1 Å². The first kappa shape index (κ1) is 18.1. The molecule has 1 aromatic carbocycles. The van der Waals surface area contributed by atoms with Gasteiger partial charge < -0.3 is 19.6 Å². The van der Waals surface area contributed by atoms with Gasteiger partial charge in [0.25, 0.3) is 0 Å². The fourth-order valence-electron chi connectivity index (χ4n) is 3.03. The maximum atomic E-state index is 11.9. The second-order valence-electron chi connectivity index (χ2n) is 7.07. The van der Waals surface area contributed by atoms with Crippen LogP contribution in [0.2, 0.25) is 0 Å². The molecule has 0 spiro atoms. The Bertz CT molecular complexity index is 609. The quantitative estimate of drug-likeness (QED) is 0.860. The molecule has 1 aliphatic rings. The molecule has 1 atom stereocenters. The molecule has 1 heterocycles. The predicted molar refractivity (Wildman–Crippen MR) is 92.6 cm³/mol. The first-order valence-electron chi connectivity index (χ1n) is 8.25. The van der Waals surface area contributed by atoms with Gasteiger partial charge in [0.05, 0.1) is 18.2 Å². The Balaban J connectivity index is 2.23. The maximum absolute atomic E-state index is 11.9. The van der Waals surface area contributed by atoms with Crippen LogP contribution in [0.25, 0.3) is 0 Å². The van der Waals surface area contributed by atoms with E-state index in [1.54, 1.807) is 13.0 Å². The van der Waals surface area contributed by atoms with Crippen LogP contribution in [0.5, 0.6) is 0 Å². The Labute approximate surface area is 143 Å². The Morgan fingerprint density at radius 2 is 2.00 bits per heavy atom. The predicted octanol–water partition coefficient (Wildman–Crippen LogP) is 3.08. The number of rotatable bonds is 3. The lowest BCUT2D eigenvalue weighted by Crippen LogP contribution is -2.59. The zero-order valence-electron chi connectivity index (χ0n) is 14.8. The molecule has 1 unspecified atom stereocenters. The van der Waals surface area contributed by atoms with Gasteiger partial charge in [-0.25, -0.2) is 9.59 Å². The third-order valence-corrected chi connectivity index (χ3v) is 4.35. The second kappa shape index (κ2) is 7.11. The molecule has 0 radical (unpaired) electrons. The number of ether oxygens (including phenoxy) is 1. The summed E-state index contributed by atoms with van der Waals surface area (Å²) in [4.78, 5) is 27.1. The number of amides is 1. The molecule has 0 aliphatic carbocycles. The molecule has 132 valence electrons. The minimum atomic E-state index is -0.880. The van der Waals surface area contributed by atoms with Crippen molar-refractivity contribution in [2.75, 3.05) is 31.1 Å². The molecular formula is C18H26N2O4. The Hall–Kier alpha value is -2.24. The summed E-state index contributed by atoms with van der Waals surface area (Å²) >= 11 is 0. The lowest BCUT2D eigenvalue weighted by atomic mass is 9.84. The van der Waals surface area contributed by atoms with Crippen molar-refractivity contribution in [3.63, 3.8) is 0 Å². The van der Waals surface area contributed by atoms with Crippen molar-refractivity contribution in [1.82, 2.24) is 4.90 Å². The lowest BCUT2D eigenvalue weighted by molar-refractivity contribution is 0.0526. The molecule has 1 aliphatic heterocycles. The van der Waals surface area contributed by atoms with Gasteiger partial charge in [0, 0.05) is 25.3 Å². The number of carboxylic acid groups (broad SMARTS) is 1. The van der Waals surface area contributed by atoms with Crippen LogP contribution >= 0.6 is 0 Å². The standard InChI is InChI=1S/C18H26N2O4/c1-5-24-16(21)13-7-6-8-14(11-13)19-9-10-20(17(22)23)15(12-19)18(2,3)4/h6-8,11,15H,5,9-10,12H2,1-4H3,(H,22,23). The third-order valence-electron chi connectivity index (χ3n) is 4.35. The van der Waals surface area contributed by atoms with Crippen molar-refractivity contribution in [3.8, 4) is 0 Å². The lowest BCUT2D eigenvalue weighted by Gasteiger charge is -2.46. The van der Waals surface area contributed by atoms with Gasteiger partial charge in [-0.3, -0.25) is 0 Å². The fraction of sp³-hybridized carbons (Fsp3) is 0.556. The smallest absolute Gasteiger partial charge is 0.407 e. The molecule has 1 saturated heterocycles. The molecule has 24 heavy (non-hydrogen) atoms. The summed E-state index contributed by atoms with van der Waals surface area (Å²) < 4.78 is 5.05. The van der Waals surface area contributed by atoms with Crippen LogP contribution in [-0.4, -0.2) is 54.4 Å². The number of piperazine rings is 1. The summed E-state index contributed by atoms with van der Waals surface area (Å²) in [6, 6.07) is 7.20. The number of benzene rings is 1. The van der Waals surface area contributed by atoms with Crippen molar-refractivity contribution < 1.29 is 19.4 Å². The topological polar surface area (TPSA) is 70.1 Å². The van der Waals surface area contributed by atoms with E-state index in [0.29, 0.717) is 31.8 Å². The van der Waals surface area contributed by atoms with Crippen molar-refractivity contribution in [3.05, 3.63) is 29.8 Å². The number of anilines is 1. The summed E-state index contributed by atoms with van der Waals surface area (Å²) in [5.74, 6) is -0.337. The van der Waals surface area contributed by atoms with Crippen LogP contribution in [-0.2, 0) is 4.74 Å². The monoisotopic (exact) mass is 334 g/mol. The van der Waals surface area contributed by atoms with Crippen LogP contribution in [0.15, 0.2) is 24.3 Å². The molecular weight excluding hydrogens is 308 g/mol. The van der Waals surface area contributed by atoms with E-state index >= 15 is 0 Å². The molecule has 2 rings (SSSR count). The first-order valence-corrected chi connectivity index (χ1v) is 8.25. The Morgan fingerprint density at radius 3 is 2.58 bits per heavy atom. The second-order valence-corrected chi connectivity index (χ2v) is 7.07. The highest BCUT2D eigenvalue weighted by Crippen LogP contribution is 2.30. The molecule has 1 aromatic rings. The normalized spacial score (nSPS) is 18.4. The minimum absolute atomic E-state index is 0.116. The van der Waals surface area contributed by atoms with E-state index < -0.39 is 6.09 Å². The van der Waals surface area contributed by atoms with Crippen molar-refractivity contribution >= 4 is 17.7 Å². The molecule has 0 saturated carbocycles. The van der Waals surface area contributed by atoms with Gasteiger partial charge in [0.2, 0.25) is 0 Å². The van der Waals surface area contributed by atoms with Gasteiger partial charge in [-0.15, -0.1) is 0 Å². The van der Waals surface area contributed by atoms with Crippen LogP contribution in [0, 0.1) is 5.41 Å². The van der Waals surface area contributed by atoms with Crippen molar-refractivity contribution in [2.24, 2.45) is 5.41 Å². The summed E-state index contributed by atoms with van der Waals surface area (Å²) in [6.45, 7) is 9.91. The summed E-state index contributed by atoms with van der Waals surface area (Å²) in [7, 11) is 0. The van der Waals surface area contributed by atoms with E-state index in [0.717, 1.165) is 5.69 Å². The van der Waals surface area contributed by atoms with E-state index in [1.807, 2.05) is 39.0 Å². The summed E-state index contributed by atoms with van der Waals surface area (Å²) in [5, 5.41) is 9.45. The molecule has 1 N–H and O–H groups in total. The molecule has 1 fully saturated rings. The van der Waals surface area contributed by atoms with Gasteiger partial charge in [0.1, 0.15) is 0 Å². The molecule has 6 heteroatoms. The average Bonchev–Trinajstić information content (AvgIpc) is 2.53. The highest BCUT2D eigenvalue weighted by molar-refractivity contribution is 5.90. The number of esters is 1. The SMILES string of the molecule is CCOC(=O)c1cccc(N2CCN(C(=O)O)C(C(C)(C)C)C2)c1.